The van der Waals surface area contributed by atoms with Gasteiger partial charge in [0.25, 0.3) is 0 Å². The van der Waals surface area contributed by atoms with Crippen molar-refractivity contribution in [3.63, 3.8) is 0 Å². The minimum atomic E-state index is -0.400. The van der Waals surface area contributed by atoms with E-state index < -0.39 is 6.04 Å². The molecule has 0 bridgehead atoms. The average molecular weight is 191 g/mol. The summed E-state index contributed by atoms with van der Waals surface area (Å²) in [4.78, 5) is 11.1. The average Bonchev–Trinajstić information content (AvgIpc) is 2.44. The second-order valence-corrected chi connectivity index (χ2v) is 3.33. The predicted molar refractivity (Wildman–Crippen MR) is 57.9 cm³/mol. The Morgan fingerprint density at radius 3 is 2.57 bits per heavy atom. The van der Waals surface area contributed by atoms with E-state index in [4.69, 9.17) is 6.85 Å². The molecule has 1 aliphatic carbocycles. The van der Waals surface area contributed by atoms with Crippen molar-refractivity contribution in [1.29, 1.82) is 0 Å². The van der Waals surface area contributed by atoms with E-state index in [1.54, 1.807) is 0 Å². The van der Waals surface area contributed by atoms with E-state index in [1.165, 1.54) is 0 Å². The molecule has 1 heteroatoms. The van der Waals surface area contributed by atoms with Crippen LogP contribution in [0.4, 0.5) is 0 Å². The standard InChI is InChI=1S/C13H14O/c14-10-12-8-4-5-9-13(12)11-6-2-1-3-7-11/h1-3,6-7,10H,4-5,8-9H2/i1D,2D,3D,6D,7D. The molecule has 0 N–H and O–H groups in total. The van der Waals surface area contributed by atoms with Gasteiger partial charge in [0.15, 0.2) is 0 Å². The van der Waals surface area contributed by atoms with Gasteiger partial charge in [-0.05, 0) is 42.4 Å². The molecule has 0 amide bonds. The second-order valence-electron chi connectivity index (χ2n) is 3.33. The number of carbonyl (C=O) groups excluding carboxylic acids is 1. The smallest absolute Gasteiger partial charge is 0.146 e. The number of carbonyl (C=O) groups is 1. The fourth-order valence-corrected chi connectivity index (χ4v) is 1.75. The Kier molecular flexibility index (Phi) is 1.49. The Morgan fingerprint density at radius 2 is 1.86 bits per heavy atom. The van der Waals surface area contributed by atoms with Crippen LogP contribution >= 0.6 is 0 Å². The SMILES string of the molecule is [2H]c1c([2H])c([2H])c(C2=C(C=O)CCCC2)c([2H])c1[2H]. The van der Waals surface area contributed by atoms with Gasteiger partial charge < -0.3 is 0 Å². The number of hydrogen-bond acceptors (Lipinski definition) is 1. The van der Waals surface area contributed by atoms with Crippen LogP contribution in [0.3, 0.4) is 0 Å². The van der Waals surface area contributed by atoms with Gasteiger partial charge in [0.2, 0.25) is 0 Å². The Balaban J connectivity index is 2.76. The zero-order chi connectivity index (χ0) is 14.2. The predicted octanol–water partition coefficient (Wildman–Crippen LogP) is 3.21. The summed E-state index contributed by atoms with van der Waals surface area (Å²) in [6.45, 7) is 0. The van der Waals surface area contributed by atoms with Gasteiger partial charge in [0.1, 0.15) is 6.29 Å². The van der Waals surface area contributed by atoms with Crippen LogP contribution in [0.1, 0.15) is 38.1 Å². The quantitative estimate of drug-likeness (QED) is 0.656. The normalized spacial score (nSPS) is 21.9. The summed E-state index contributed by atoms with van der Waals surface area (Å²) in [7, 11) is 0. The number of allylic oxidation sites excluding steroid dienone is 2. The first-order valence-corrected chi connectivity index (χ1v) is 4.73. The highest BCUT2D eigenvalue weighted by Gasteiger charge is 2.12. The second kappa shape index (κ2) is 4.23. The lowest BCUT2D eigenvalue weighted by molar-refractivity contribution is -0.105. The minimum Gasteiger partial charge on any atom is -0.298 e. The molecule has 0 unspecified atom stereocenters. The van der Waals surface area contributed by atoms with Crippen LogP contribution in [-0.2, 0) is 4.79 Å². The zero-order valence-electron chi connectivity index (χ0n) is 12.8. The third kappa shape index (κ3) is 1.77. The van der Waals surface area contributed by atoms with Crippen molar-refractivity contribution in [2.45, 2.75) is 25.7 Å². The van der Waals surface area contributed by atoms with Crippen LogP contribution in [-0.4, -0.2) is 6.29 Å². The van der Waals surface area contributed by atoms with E-state index in [-0.39, 0.29) is 29.7 Å². The molecule has 0 saturated carbocycles. The van der Waals surface area contributed by atoms with E-state index in [1.807, 2.05) is 0 Å². The zero-order valence-corrected chi connectivity index (χ0v) is 7.81. The molecule has 0 aliphatic heterocycles. The number of rotatable bonds is 2. The fourth-order valence-electron chi connectivity index (χ4n) is 1.75. The molecular weight excluding hydrogens is 172 g/mol. The van der Waals surface area contributed by atoms with Gasteiger partial charge in [-0.15, -0.1) is 0 Å². The van der Waals surface area contributed by atoms with Crippen LogP contribution in [0.25, 0.3) is 5.57 Å². The van der Waals surface area contributed by atoms with Gasteiger partial charge >= 0.3 is 0 Å². The van der Waals surface area contributed by atoms with Gasteiger partial charge in [-0.1, -0.05) is 30.2 Å². The van der Waals surface area contributed by atoms with E-state index in [9.17, 15) is 4.79 Å². The molecule has 0 spiro atoms. The Labute approximate surface area is 91.5 Å². The highest BCUT2D eigenvalue weighted by atomic mass is 16.1. The molecule has 0 radical (unpaired) electrons. The molecule has 72 valence electrons. The van der Waals surface area contributed by atoms with Crippen molar-refractivity contribution in [2.75, 3.05) is 0 Å². The summed E-state index contributed by atoms with van der Waals surface area (Å²) < 4.78 is 38.7. The first kappa shape index (κ1) is 4.92. The van der Waals surface area contributed by atoms with Crippen LogP contribution < -0.4 is 0 Å². The summed E-state index contributed by atoms with van der Waals surface area (Å²) in [5, 5.41) is 0. The first-order valence-electron chi connectivity index (χ1n) is 7.23. The molecule has 0 saturated heterocycles. The molecule has 0 aromatic heterocycles. The number of hydrogen-bond donors (Lipinski definition) is 0. The highest BCUT2D eigenvalue weighted by molar-refractivity contribution is 5.88. The van der Waals surface area contributed by atoms with Crippen LogP contribution in [0.2, 0.25) is 0 Å². The van der Waals surface area contributed by atoms with Gasteiger partial charge in [-0.3, -0.25) is 4.79 Å². The summed E-state index contributed by atoms with van der Waals surface area (Å²) in [6, 6.07) is -1.54. The van der Waals surface area contributed by atoms with Crippen molar-refractivity contribution in [3.05, 3.63) is 41.3 Å². The van der Waals surface area contributed by atoms with Gasteiger partial charge in [0, 0.05) is 0 Å². The molecule has 1 aromatic rings. The molecule has 1 aliphatic rings. The van der Waals surface area contributed by atoms with Crippen LogP contribution in [0.5, 0.6) is 0 Å². The maximum atomic E-state index is 11.1. The lowest BCUT2D eigenvalue weighted by atomic mass is 9.88. The molecule has 1 nitrogen and oxygen atoms in total. The van der Waals surface area contributed by atoms with Crippen molar-refractivity contribution in [2.24, 2.45) is 0 Å². The molecule has 2 rings (SSSR count). The third-order valence-corrected chi connectivity index (χ3v) is 2.45. The Morgan fingerprint density at radius 1 is 1.14 bits per heavy atom. The summed E-state index contributed by atoms with van der Waals surface area (Å²) in [5.41, 5.74) is 1.36. The summed E-state index contributed by atoms with van der Waals surface area (Å²) >= 11 is 0. The van der Waals surface area contributed by atoms with Gasteiger partial charge in [-0.2, -0.15) is 0 Å². The van der Waals surface area contributed by atoms with Gasteiger partial charge in [-0.25, -0.2) is 0 Å². The number of benzene rings is 1. The molecule has 14 heavy (non-hydrogen) atoms. The Bertz CT molecular complexity index is 548. The van der Waals surface area contributed by atoms with Crippen molar-refractivity contribution in [1.82, 2.24) is 0 Å². The van der Waals surface area contributed by atoms with Gasteiger partial charge in [0.05, 0.1) is 6.85 Å². The van der Waals surface area contributed by atoms with Crippen molar-refractivity contribution < 1.29 is 11.6 Å². The summed E-state index contributed by atoms with van der Waals surface area (Å²) in [6.07, 6.45) is 3.71. The van der Waals surface area contributed by atoms with Crippen LogP contribution in [0.15, 0.2) is 35.8 Å². The van der Waals surface area contributed by atoms with Crippen molar-refractivity contribution in [3.8, 4) is 0 Å². The highest BCUT2D eigenvalue weighted by Crippen LogP contribution is 2.30. The largest absolute Gasteiger partial charge is 0.298 e. The number of aldehydes is 1. The monoisotopic (exact) mass is 191 g/mol. The topological polar surface area (TPSA) is 17.1 Å². The minimum absolute atomic E-state index is 0.188. The molecule has 0 fully saturated rings. The van der Waals surface area contributed by atoms with Crippen LogP contribution in [0, 0.1) is 0 Å². The van der Waals surface area contributed by atoms with E-state index in [0.29, 0.717) is 24.0 Å². The van der Waals surface area contributed by atoms with E-state index in [0.717, 1.165) is 19.1 Å². The lowest BCUT2D eigenvalue weighted by Gasteiger charge is -2.16. The molecule has 1 aromatic carbocycles. The molecule has 0 atom stereocenters. The lowest BCUT2D eigenvalue weighted by Crippen LogP contribution is -2.00. The van der Waals surface area contributed by atoms with Crippen molar-refractivity contribution >= 4 is 11.9 Å². The third-order valence-electron chi connectivity index (χ3n) is 2.45. The summed E-state index contributed by atoms with van der Waals surface area (Å²) in [5.74, 6) is 0. The van der Waals surface area contributed by atoms with E-state index in [2.05, 4.69) is 0 Å². The maximum Gasteiger partial charge on any atom is 0.146 e. The molecular formula is C13H14O. The first-order chi connectivity index (χ1) is 8.99. The Hall–Kier alpha value is -1.37. The molecule has 0 heterocycles. The fraction of sp³-hybridized carbons (Fsp3) is 0.308. The van der Waals surface area contributed by atoms with E-state index >= 15 is 0 Å². The maximum absolute atomic E-state index is 11.1.